The van der Waals surface area contributed by atoms with Crippen LogP contribution in [0.5, 0.6) is 5.75 Å². The molecule has 0 aliphatic carbocycles. The molecule has 0 fully saturated rings. The lowest BCUT2D eigenvalue weighted by atomic mass is 10.0. The minimum Gasteiger partial charge on any atom is -0.508 e. The highest BCUT2D eigenvalue weighted by molar-refractivity contribution is 5.96. The van der Waals surface area contributed by atoms with Crippen LogP contribution < -0.4 is 27.4 Å². The molecule has 37 heavy (non-hydrogen) atoms. The molecule has 4 amide bonds. The molecule has 0 radical (unpaired) electrons. The van der Waals surface area contributed by atoms with E-state index in [4.69, 9.17) is 21.7 Å². The summed E-state index contributed by atoms with van der Waals surface area (Å²) in [6.45, 7) is -0.938. The number of primary amides is 1. The molecule has 200 valence electrons. The Hall–Kier alpha value is -4.50. The average molecular weight is 520 g/mol. The summed E-state index contributed by atoms with van der Waals surface area (Å²) in [6, 6.07) is 0.129. The number of nitrogens with zero attached hydrogens (tertiary/aromatic N) is 1. The fourth-order valence-corrected chi connectivity index (χ4v) is 3.22. The van der Waals surface area contributed by atoms with Gasteiger partial charge in [0.25, 0.3) is 0 Å². The summed E-state index contributed by atoms with van der Waals surface area (Å²) in [4.78, 5) is 67.7. The number of carbonyl (C=O) groups excluding carboxylic acids is 4. The maximum atomic E-state index is 13.1. The monoisotopic (exact) mass is 519 g/mol. The first kappa shape index (κ1) is 28.7. The van der Waals surface area contributed by atoms with Crippen LogP contribution in [0.3, 0.4) is 0 Å². The minimum atomic E-state index is -1.69. The van der Waals surface area contributed by atoms with E-state index in [1.807, 2.05) is 5.32 Å². The third-order valence-electron chi connectivity index (χ3n) is 5.18. The maximum Gasteiger partial charge on any atom is 0.328 e. The third-order valence-corrected chi connectivity index (χ3v) is 5.18. The number of rotatable bonds is 14. The minimum absolute atomic E-state index is 0.0228. The van der Waals surface area contributed by atoms with E-state index in [1.165, 1.54) is 36.8 Å². The first-order valence-electron chi connectivity index (χ1n) is 11.0. The molecule has 4 atom stereocenters. The van der Waals surface area contributed by atoms with E-state index in [1.54, 1.807) is 0 Å². The van der Waals surface area contributed by atoms with E-state index in [2.05, 4.69) is 20.6 Å². The summed E-state index contributed by atoms with van der Waals surface area (Å²) in [7, 11) is 0. The number of hydrogen-bond donors (Lipinski definition) is 9. The quantitative estimate of drug-likeness (QED) is 0.120. The Bertz CT molecular complexity index is 1090. The number of carboxylic acids is 1. The number of aromatic hydroxyl groups is 1. The Morgan fingerprint density at radius 1 is 0.919 bits per heavy atom. The van der Waals surface area contributed by atoms with Gasteiger partial charge in [-0.15, -0.1) is 0 Å². The normalized spacial score (nSPS) is 14.0. The second kappa shape index (κ2) is 13.6. The number of aliphatic hydroxyl groups is 1. The first-order chi connectivity index (χ1) is 17.5. The van der Waals surface area contributed by atoms with E-state index in [9.17, 15) is 29.1 Å². The molecule has 2 rings (SSSR count). The number of aliphatic carboxylic acids is 1. The van der Waals surface area contributed by atoms with Crippen molar-refractivity contribution in [3.8, 4) is 5.75 Å². The van der Waals surface area contributed by atoms with Gasteiger partial charge in [0.1, 0.15) is 23.9 Å². The molecule has 0 aliphatic rings. The van der Waals surface area contributed by atoms with Gasteiger partial charge in [0.05, 0.1) is 25.4 Å². The second-order valence-corrected chi connectivity index (χ2v) is 8.13. The van der Waals surface area contributed by atoms with Gasteiger partial charge in [0.15, 0.2) is 0 Å². The van der Waals surface area contributed by atoms with Crippen molar-refractivity contribution in [1.82, 2.24) is 25.9 Å². The molecule has 1 heterocycles. The lowest BCUT2D eigenvalue weighted by Gasteiger charge is -2.24. The van der Waals surface area contributed by atoms with E-state index >= 15 is 0 Å². The number of carboxylic acid groups (broad SMARTS) is 1. The van der Waals surface area contributed by atoms with Crippen LogP contribution in [0.1, 0.15) is 17.7 Å². The molecule has 0 spiro atoms. The average Bonchev–Trinajstić information content (AvgIpc) is 3.35. The SMILES string of the molecule is NC(=O)CC(NC(=O)C(Cc1ccc(O)cc1)NC(=O)C(N)Cc1cnc[nH]1)C(=O)NC(CO)C(=O)O. The number of benzene rings is 1. The van der Waals surface area contributed by atoms with Gasteiger partial charge < -0.3 is 47.7 Å². The summed E-state index contributed by atoms with van der Waals surface area (Å²) in [5, 5.41) is 34.5. The number of aliphatic hydroxyl groups excluding tert-OH is 1. The van der Waals surface area contributed by atoms with Crippen LogP contribution >= 0.6 is 0 Å². The van der Waals surface area contributed by atoms with Crippen LogP contribution in [0, 0.1) is 0 Å². The number of hydrogen-bond acceptors (Lipinski definition) is 9. The molecule has 4 unspecified atom stereocenters. The number of H-pyrrole nitrogens is 1. The number of phenols is 1. The molecule has 0 saturated carbocycles. The molecule has 0 saturated heterocycles. The highest BCUT2D eigenvalue weighted by Crippen LogP contribution is 2.12. The largest absolute Gasteiger partial charge is 0.508 e. The Kier molecular flexibility index (Phi) is 10.5. The lowest BCUT2D eigenvalue weighted by Crippen LogP contribution is -2.58. The van der Waals surface area contributed by atoms with Crippen LogP contribution in [0.15, 0.2) is 36.8 Å². The summed E-state index contributed by atoms with van der Waals surface area (Å²) in [5.41, 5.74) is 12.2. The standard InChI is InChI=1S/C22H29N7O8/c23-14(6-12-8-25-10-26-12)19(33)27-15(5-11-1-3-13(31)4-2-11)20(34)28-16(7-18(24)32)21(35)29-17(9-30)22(36)37/h1-4,8,10,14-17,30-31H,5-7,9,23H2,(H2,24,32)(H,25,26)(H,27,33)(H,28,34)(H,29,35)(H,36,37). The van der Waals surface area contributed by atoms with Gasteiger partial charge in [0, 0.05) is 24.7 Å². The number of amides is 4. The van der Waals surface area contributed by atoms with Crippen LogP contribution in [-0.4, -0.2) is 85.7 Å². The number of nitrogens with one attached hydrogen (secondary N) is 4. The van der Waals surface area contributed by atoms with Crippen molar-refractivity contribution in [3.05, 3.63) is 48.0 Å². The predicted octanol–water partition coefficient (Wildman–Crippen LogP) is -3.37. The number of imidazole rings is 1. The van der Waals surface area contributed by atoms with E-state index < -0.39 is 66.8 Å². The van der Waals surface area contributed by atoms with Gasteiger partial charge >= 0.3 is 5.97 Å². The predicted molar refractivity (Wildman–Crippen MR) is 126 cm³/mol. The zero-order valence-corrected chi connectivity index (χ0v) is 19.6. The van der Waals surface area contributed by atoms with Gasteiger partial charge in [-0.3, -0.25) is 19.2 Å². The van der Waals surface area contributed by atoms with Gasteiger partial charge in [-0.25, -0.2) is 9.78 Å². The van der Waals surface area contributed by atoms with Gasteiger partial charge in [-0.1, -0.05) is 12.1 Å². The van der Waals surface area contributed by atoms with Crippen LogP contribution in [-0.2, 0) is 36.8 Å². The molecule has 1 aromatic heterocycles. The molecular formula is C22H29N7O8. The van der Waals surface area contributed by atoms with Gasteiger partial charge in [0.2, 0.25) is 23.6 Å². The van der Waals surface area contributed by atoms with Crippen molar-refractivity contribution in [2.24, 2.45) is 11.5 Å². The topological polar surface area (TPSA) is 263 Å². The zero-order valence-electron chi connectivity index (χ0n) is 19.6. The number of carbonyl (C=O) groups is 5. The van der Waals surface area contributed by atoms with Crippen molar-refractivity contribution < 1.29 is 39.3 Å². The molecule has 1 aromatic carbocycles. The number of aromatic nitrogens is 2. The van der Waals surface area contributed by atoms with Crippen molar-refractivity contribution in [1.29, 1.82) is 0 Å². The van der Waals surface area contributed by atoms with E-state index in [0.29, 0.717) is 11.3 Å². The second-order valence-electron chi connectivity index (χ2n) is 8.13. The number of phenolic OH excluding ortho intramolecular Hbond substituents is 1. The molecule has 0 bridgehead atoms. The third kappa shape index (κ3) is 9.23. The van der Waals surface area contributed by atoms with Crippen molar-refractivity contribution in [2.75, 3.05) is 6.61 Å². The zero-order chi connectivity index (χ0) is 27.5. The fourth-order valence-electron chi connectivity index (χ4n) is 3.22. The molecule has 15 heteroatoms. The first-order valence-corrected chi connectivity index (χ1v) is 11.0. The molecule has 2 aromatic rings. The van der Waals surface area contributed by atoms with Crippen molar-refractivity contribution >= 4 is 29.6 Å². The molecule has 15 nitrogen and oxygen atoms in total. The Morgan fingerprint density at radius 2 is 1.51 bits per heavy atom. The molecule has 0 aliphatic heterocycles. The van der Waals surface area contributed by atoms with Crippen LogP contribution in [0.4, 0.5) is 0 Å². The Balaban J connectivity index is 2.22. The molecule has 11 N–H and O–H groups in total. The van der Waals surface area contributed by atoms with Crippen LogP contribution in [0.2, 0.25) is 0 Å². The summed E-state index contributed by atoms with van der Waals surface area (Å²) in [5.74, 6) is -5.21. The van der Waals surface area contributed by atoms with E-state index in [-0.39, 0.29) is 18.6 Å². The van der Waals surface area contributed by atoms with E-state index in [0.717, 1.165) is 0 Å². The summed E-state index contributed by atoms with van der Waals surface area (Å²) < 4.78 is 0. The Labute approximate surface area is 210 Å². The maximum absolute atomic E-state index is 13.1. The van der Waals surface area contributed by atoms with Crippen LogP contribution in [0.25, 0.3) is 0 Å². The lowest BCUT2D eigenvalue weighted by molar-refractivity contribution is -0.143. The number of nitrogens with two attached hydrogens (primary N) is 2. The van der Waals surface area contributed by atoms with Crippen molar-refractivity contribution in [3.63, 3.8) is 0 Å². The van der Waals surface area contributed by atoms with Gasteiger partial charge in [-0.2, -0.15) is 0 Å². The van der Waals surface area contributed by atoms with Gasteiger partial charge in [-0.05, 0) is 17.7 Å². The Morgan fingerprint density at radius 3 is 2.05 bits per heavy atom. The highest BCUT2D eigenvalue weighted by atomic mass is 16.4. The highest BCUT2D eigenvalue weighted by Gasteiger charge is 2.31. The molecular weight excluding hydrogens is 490 g/mol. The summed E-state index contributed by atoms with van der Waals surface area (Å²) in [6.07, 6.45) is 2.21. The van der Waals surface area contributed by atoms with Crippen molar-refractivity contribution in [2.45, 2.75) is 43.4 Å². The fraction of sp³-hybridized carbons (Fsp3) is 0.364. The smallest absolute Gasteiger partial charge is 0.328 e. The summed E-state index contributed by atoms with van der Waals surface area (Å²) >= 11 is 0. The number of aromatic amines is 1.